The van der Waals surface area contributed by atoms with E-state index in [1.165, 1.54) is 4.68 Å². The summed E-state index contributed by atoms with van der Waals surface area (Å²) in [6, 6.07) is 18.5. The Hall–Kier alpha value is -3.74. The molecule has 0 aliphatic carbocycles. The molecule has 0 saturated carbocycles. The summed E-state index contributed by atoms with van der Waals surface area (Å²) in [6.07, 6.45) is 0. The minimum Gasteiger partial charge on any atom is -0.350 e. The van der Waals surface area contributed by atoms with Gasteiger partial charge in [-0.3, -0.25) is 9.59 Å². The molecule has 1 amide bonds. The normalized spacial score (nSPS) is 12.1. The Morgan fingerprint density at radius 3 is 2.30 bits per heavy atom. The van der Waals surface area contributed by atoms with Crippen LogP contribution in [0.2, 0.25) is 0 Å². The molecule has 2 heterocycles. The number of hydrogen-bond acceptors (Lipinski definition) is 4. The van der Waals surface area contributed by atoms with Crippen LogP contribution in [0, 0.1) is 13.8 Å². The molecule has 7 heteroatoms. The molecule has 0 saturated heterocycles. The van der Waals surface area contributed by atoms with Gasteiger partial charge in [-0.1, -0.05) is 48.5 Å². The third-order valence-electron chi connectivity index (χ3n) is 5.20. The lowest BCUT2D eigenvalue weighted by atomic mass is 10.2. The summed E-state index contributed by atoms with van der Waals surface area (Å²) < 4.78 is 2.96. The van der Waals surface area contributed by atoms with Gasteiger partial charge in [0, 0.05) is 6.54 Å². The number of rotatable bonds is 5. The van der Waals surface area contributed by atoms with Gasteiger partial charge in [0.2, 0.25) is 5.91 Å². The van der Waals surface area contributed by atoms with Crippen LogP contribution >= 0.6 is 0 Å². The summed E-state index contributed by atoms with van der Waals surface area (Å²) in [7, 11) is 0. The number of amides is 1. The van der Waals surface area contributed by atoms with E-state index in [-0.39, 0.29) is 11.5 Å². The molecule has 30 heavy (non-hydrogen) atoms. The second-order valence-corrected chi connectivity index (χ2v) is 7.27. The van der Waals surface area contributed by atoms with E-state index in [1.807, 2.05) is 74.5 Å². The van der Waals surface area contributed by atoms with Crippen molar-refractivity contribution in [2.45, 2.75) is 33.4 Å². The van der Waals surface area contributed by atoms with Crippen LogP contribution in [0.25, 0.3) is 16.6 Å². The van der Waals surface area contributed by atoms with Crippen molar-refractivity contribution in [3.63, 3.8) is 0 Å². The molecule has 152 valence electrons. The molecular formula is C23H23N5O2. The largest absolute Gasteiger partial charge is 0.350 e. The Morgan fingerprint density at radius 2 is 1.63 bits per heavy atom. The predicted molar refractivity (Wildman–Crippen MR) is 116 cm³/mol. The molecule has 0 aliphatic heterocycles. The number of nitrogens with one attached hydrogen (secondary N) is 1. The number of para-hydroxylation sites is 1. The maximum atomic E-state index is 13.1. The first-order valence-electron chi connectivity index (χ1n) is 9.83. The summed E-state index contributed by atoms with van der Waals surface area (Å²) >= 11 is 0. The van der Waals surface area contributed by atoms with Crippen LogP contribution in [-0.2, 0) is 11.3 Å². The van der Waals surface area contributed by atoms with Crippen molar-refractivity contribution in [1.29, 1.82) is 0 Å². The fourth-order valence-corrected chi connectivity index (χ4v) is 3.58. The van der Waals surface area contributed by atoms with E-state index in [2.05, 4.69) is 15.5 Å². The third kappa shape index (κ3) is 3.50. The second-order valence-electron chi connectivity index (χ2n) is 7.27. The van der Waals surface area contributed by atoms with Gasteiger partial charge in [-0.25, -0.2) is 9.36 Å². The van der Waals surface area contributed by atoms with E-state index in [1.54, 1.807) is 11.6 Å². The van der Waals surface area contributed by atoms with Gasteiger partial charge >= 0.3 is 0 Å². The molecule has 0 spiro atoms. The van der Waals surface area contributed by atoms with Crippen molar-refractivity contribution in [2.75, 3.05) is 0 Å². The first kappa shape index (κ1) is 19.6. The molecule has 7 nitrogen and oxygen atoms in total. The quantitative estimate of drug-likeness (QED) is 0.557. The van der Waals surface area contributed by atoms with Gasteiger partial charge in [0.05, 0.1) is 22.5 Å². The SMILES string of the molecule is Cc1nn(C(C)C(=O)NCc2ccccc2)c(=O)c2nn(-c3ccccc3)c(C)c12. The number of aromatic nitrogens is 4. The molecule has 0 bridgehead atoms. The Kier molecular flexibility index (Phi) is 5.18. The fourth-order valence-electron chi connectivity index (χ4n) is 3.58. The zero-order chi connectivity index (χ0) is 21.3. The van der Waals surface area contributed by atoms with Crippen molar-refractivity contribution in [3.8, 4) is 5.69 Å². The van der Waals surface area contributed by atoms with Crippen LogP contribution in [0.15, 0.2) is 65.5 Å². The smallest absolute Gasteiger partial charge is 0.295 e. The Labute approximate surface area is 174 Å². The molecule has 4 rings (SSSR count). The number of nitrogens with zero attached hydrogens (tertiary/aromatic N) is 4. The number of aryl methyl sites for hydroxylation is 2. The maximum absolute atomic E-state index is 13.1. The van der Waals surface area contributed by atoms with E-state index in [9.17, 15) is 9.59 Å². The molecule has 1 N–H and O–H groups in total. The average Bonchev–Trinajstić information content (AvgIpc) is 3.13. The third-order valence-corrected chi connectivity index (χ3v) is 5.20. The van der Waals surface area contributed by atoms with Crippen LogP contribution < -0.4 is 10.9 Å². The molecule has 1 unspecified atom stereocenters. The van der Waals surface area contributed by atoms with Gasteiger partial charge in [0.1, 0.15) is 6.04 Å². The number of hydrogen-bond donors (Lipinski definition) is 1. The topological polar surface area (TPSA) is 81.8 Å². The van der Waals surface area contributed by atoms with E-state index in [0.717, 1.165) is 22.3 Å². The van der Waals surface area contributed by atoms with Gasteiger partial charge in [-0.2, -0.15) is 10.2 Å². The number of benzene rings is 2. The van der Waals surface area contributed by atoms with Crippen LogP contribution in [0.3, 0.4) is 0 Å². The first-order valence-corrected chi connectivity index (χ1v) is 9.83. The molecular weight excluding hydrogens is 378 g/mol. The van der Waals surface area contributed by atoms with E-state index < -0.39 is 6.04 Å². The summed E-state index contributed by atoms with van der Waals surface area (Å²) in [5.41, 5.74) is 3.29. The Bertz CT molecular complexity index is 1260. The highest BCUT2D eigenvalue weighted by molar-refractivity contribution is 5.84. The van der Waals surface area contributed by atoms with Gasteiger partial charge in [0.15, 0.2) is 5.52 Å². The number of carbonyl (C=O) groups is 1. The highest BCUT2D eigenvalue weighted by atomic mass is 16.2. The highest BCUT2D eigenvalue weighted by Gasteiger charge is 2.23. The van der Waals surface area contributed by atoms with Crippen LogP contribution in [-0.4, -0.2) is 25.5 Å². The molecule has 2 aromatic heterocycles. The van der Waals surface area contributed by atoms with Crippen LogP contribution in [0.1, 0.15) is 29.9 Å². The summed E-state index contributed by atoms with van der Waals surface area (Å²) in [4.78, 5) is 25.8. The molecule has 0 fully saturated rings. The lowest BCUT2D eigenvalue weighted by molar-refractivity contribution is -0.124. The van der Waals surface area contributed by atoms with Crippen molar-refractivity contribution in [2.24, 2.45) is 0 Å². The average molecular weight is 401 g/mol. The number of fused-ring (bicyclic) bond motifs is 1. The fraction of sp³-hybridized carbons (Fsp3) is 0.217. The lowest BCUT2D eigenvalue weighted by Crippen LogP contribution is -2.37. The van der Waals surface area contributed by atoms with Gasteiger partial charge < -0.3 is 5.32 Å². The van der Waals surface area contributed by atoms with Crippen LogP contribution in [0.4, 0.5) is 0 Å². The van der Waals surface area contributed by atoms with Crippen molar-refractivity contribution >= 4 is 16.8 Å². The summed E-state index contributed by atoms with van der Waals surface area (Å²) in [6.45, 7) is 5.80. The lowest BCUT2D eigenvalue weighted by Gasteiger charge is -2.15. The molecule has 4 aromatic rings. The predicted octanol–water partition coefficient (Wildman–Crippen LogP) is 3.08. The van der Waals surface area contributed by atoms with E-state index >= 15 is 0 Å². The zero-order valence-electron chi connectivity index (χ0n) is 17.2. The molecule has 0 aliphatic rings. The van der Waals surface area contributed by atoms with Gasteiger partial charge in [0.25, 0.3) is 5.56 Å². The first-order chi connectivity index (χ1) is 14.5. The standard InChI is InChI=1S/C23H23N5O2/c1-15-20-16(2)27(19-12-8-5-9-13-19)26-21(20)23(30)28(25-15)17(3)22(29)24-14-18-10-6-4-7-11-18/h4-13,17H,14H2,1-3H3,(H,24,29). The highest BCUT2D eigenvalue weighted by Crippen LogP contribution is 2.21. The second kappa shape index (κ2) is 7.94. The summed E-state index contributed by atoms with van der Waals surface area (Å²) in [5.74, 6) is -0.272. The summed E-state index contributed by atoms with van der Waals surface area (Å²) in [5, 5.41) is 12.6. The van der Waals surface area contributed by atoms with Crippen molar-refractivity contribution in [3.05, 3.63) is 88.0 Å². The van der Waals surface area contributed by atoms with Crippen molar-refractivity contribution < 1.29 is 4.79 Å². The zero-order valence-corrected chi connectivity index (χ0v) is 17.2. The monoisotopic (exact) mass is 401 g/mol. The van der Waals surface area contributed by atoms with Crippen molar-refractivity contribution in [1.82, 2.24) is 24.9 Å². The molecule has 0 radical (unpaired) electrons. The minimum atomic E-state index is -0.758. The Balaban J connectivity index is 1.69. The number of carbonyl (C=O) groups excluding carboxylic acids is 1. The van der Waals surface area contributed by atoms with E-state index in [0.29, 0.717) is 17.8 Å². The van der Waals surface area contributed by atoms with Gasteiger partial charge in [-0.05, 0) is 38.5 Å². The maximum Gasteiger partial charge on any atom is 0.295 e. The molecule has 1 atom stereocenters. The van der Waals surface area contributed by atoms with Gasteiger partial charge in [-0.15, -0.1) is 0 Å². The van der Waals surface area contributed by atoms with Crippen LogP contribution in [0.5, 0.6) is 0 Å². The molecule has 2 aromatic carbocycles. The Morgan fingerprint density at radius 1 is 1.00 bits per heavy atom. The van der Waals surface area contributed by atoms with E-state index in [4.69, 9.17) is 0 Å². The minimum absolute atomic E-state index is 0.272.